The Kier molecular flexibility index (Phi) is 6.55. The SMILES string of the molecule is CC[C@@H](C(=O)Nc1ccc2c(c1)CN(Cc1ccccc1)C(=O)[C@@H](C)O2)c1ccccc1. The quantitative estimate of drug-likeness (QED) is 0.592. The predicted molar refractivity (Wildman–Crippen MR) is 125 cm³/mol. The molecule has 0 aliphatic carbocycles. The third-order valence-corrected chi connectivity index (χ3v) is 5.80. The van der Waals surface area contributed by atoms with Crippen molar-refractivity contribution in [1.82, 2.24) is 4.90 Å². The number of ether oxygens (including phenoxy) is 1. The topological polar surface area (TPSA) is 58.6 Å². The van der Waals surface area contributed by atoms with Crippen LogP contribution in [0.3, 0.4) is 0 Å². The van der Waals surface area contributed by atoms with E-state index >= 15 is 0 Å². The molecule has 0 bridgehead atoms. The van der Waals surface area contributed by atoms with Crippen molar-refractivity contribution in [1.29, 1.82) is 0 Å². The van der Waals surface area contributed by atoms with Crippen LogP contribution in [0.5, 0.6) is 5.75 Å². The van der Waals surface area contributed by atoms with E-state index in [1.165, 1.54) is 0 Å². The molecule has 0 spiro atoms. The second kappa shape index (κ2) is 9.69. The van der Waals surface area contributed by atoms with Gasteiger partial charge in [-0.3, -0.25) is 9.59 Å². The first-order chi connectivity index (χ1) is 15.5. The smallest absolute Gasteiger partial charge is 0.263 e. The number of nitrogens with zero attached hydrogens (tertiary/aromatic N) is 1. The summed E-state index contributed by atoms with van der Waals surface area (Å²) in [5.74, 6) is 0.362. The van der Waals surface area contributed by atoms with Gasteiger partial charge < -0.3 is 15.0 Å². The van der Waals surface area contributed by atoms with Crippen LogP contribution in [0, 0.1) is 0 Å². The van der Waals surface area contributed by atoms with E-state index in [9.17, 15) is 9.59 Å². The van der Waals surface area contributed by atoms with Gasteiger partial charge in [-0.05, 0) is 42.7 Å². The molecule has 0 saturated carbocycles. The van der Waals surface area contributed by atoms with E-state index in [2.05, 4.69) is 5.32 Å². The zero-order valence-corrected chi connectivity index (χ0v) is 18.5. The standard InChI is InChI=1S/C27H28N2O3/c1-3-24(21-12-8-5-9-13-21)26(30)28-23-14-15-25-22(16-23)18-29(27(31)19(2)32-25)17-20-10-6-4-7-11-20/h4-16,19,24H,3,17-18H2,1-2H3,(H,28,30)/t19-,24-/m1/s1. The predicted octanol–water partition coefficient (Wildman–Crippen LogP) is 5.13. The highest BCUT2D eigenvalue weighted by molar-refractivity contribution is 5.96. The van der Waals surface area contributed by atoms with Crippen LogP contribution in [0.2, 0.25) is 0 Å². The first kappa shape index (κ1) is 21.6. The van der Waals surface area contributed by atoms with Crippen LogP contribution in [0.25, 0.3) is 0 Å². The van der Waals surface area contributed by atoms with Crippen LogP contribution >= 0.6 is 0 Å². The van der Waals surface area contributed by atoms with Gasteiger partial charge in [0.15, 0.2) is 6.10 Å². The van der Waals surface area contributed by atoms with Crippen molar-refractivity contribution in [2.75, 3.05) is 5.32 Å². The molecule has 4 rings (SSSR count). The molecule has 1 N–H and O–H groups in total. The third-order valence-electron chi connectivity index (χ3n) is 5.80. The minimum Gasteiger partial charge on any atom is -0.481 e. The molecule has 1 heterocycles. The summed E-state index contributed by atoms with van der Waals surface area (Å²) in [4.78, 5) is 27.7. The molecule has 2 amide bonds. The summed E-state index contributed by atoms with van der Waals surface area (Å²) in [7, 11) is 0. The van der Waals surface area contributed by atoms with Gasteiger partial charge in [-0.25, -0.2) is 0 Å². The molecule has 0 aromatic heterocycles. The second-order valence-corrected chi connectivity index (χ2v) is 8.12. The first-order valence-electron chi connectivity index (χ1n) is 11.0. The molecule has 32 heavy (non-hydrogen) atoms. The van der Waals surface area contributed by atoms with Gasteiger partial charge in [0.05, 0.1) is 5.92 Å². The molecule has 0 unspecified atom stereocenters. The Bertz CT molecular complexity index is 1080. The summed E-state index contributed by atoms with van der Waals surface area (Å²) in [6.45, 7) is 4.72. The molecule has 1 aliphatic heterocycles. The number of benzene rings is 3. The minimum absolute atomic E-state index is 0.0428. The number of amides is 2. The van der Waals surface area contributed by atoms with E-state index in [1.807, 2.05) is 85.8 Å². The molecular weight excluding hydrogens is 400 g/mol. The number of fused-ring (bicyclic) bond motifs is 1. The summed E-state index contributed by atoms with van der Waals surface area (Å²) in [5.41, 5.74) is 3.64. The van der Waals surface area contributed by atoms with E-state index < -0.39 is 6.10 Å². The van der Waals surface area contributed by atoms with Gasteiger partial charge in [-0.1, -0.05) is 67.6 Å². The van der Waals surface area contributed by atoms with Crippen LogP contribution in [0.1, 0.15) is 42.9 Å². The largest absolute Gasteiger partial charge is 0.481 e. The average Bonchev–Trinajstić information content (AvgIpc) is 2.92. The molecule has 2 atom stereocenters. The molecule has 0 radical (unpaired) electrons. The average molecular weight is 429 g/mol. The number of carbonyl (C=O) groups excluding carboxylic acids is 2. The zero-order valence-electron chi connectivity index (χ0n) is 18.5. The lowest BCUT2D eigenvalue weighted by Crippen LogP contribution is -2.37. The van der Waals surface area contributed by atoms with Crippen molar-refractivity contribution in [3.8, 4) is 5.75 Å². The highest BCUT2D eigenvalue weighted by atomic mass is 16.5. The van der Waals surface area contributed by atoms with Gasteiger partial charge in [0.25, 0.3) is 5.91 Å². The van der Waals surface area contributed by atoms with Gasteiger partial charge in [-0.15, -0.1) is 0 Å². The zero-order chi connectivity index (χ0) is 22.5. The number of rotatable bonds is 6. The van der Waals surface area contributed by atoms with Gasteiger partial charge >= 0.3 is 0 Å². The first-order valence-corrected chi connectivity index (χ1v) is 11.0. The summed E-state index contributed by atoms with van der Waals surface area (Å²) < 4.78 is 5.93. The Morgan fingerprint density at radius 1 is 1.06 bits per heavy atom. The number of nitrogens with one attached hydrogen (secondary N) is 1. The Balaban J connectivity index is 1.55. The van der Waals surface area contributed by atoms with E-state index in [-0.39, 0.29) is 17.7 Å². The third kappa shape index (κ3) is 4.83. The molecule has 5 nitrogen and oxygen atoms in total. The van der Waals surface area contributed by atoms with Crippen molar-refractivity contribution in [3.63, 3.8) is 0 Å². The molecule has 5 heteroatoms. The maximum absolute atomic E-state index is 13.0. The monoisotopic (exact) mass is 428 g/mol. The molecule has 1 aliphatic rings. The fourth-order valence-electron chi connectivity index (χ4n) is 4.10. The number of anilines is 1. The highest BCUT2D eigenvalue weighted by Gasteiger charge is 2.28. The van der Waals surface area contributed by atoms with E-state index in [4.69, 9.17) is 4.74 Å². The lowest BCUT2D eigenvalue weighted by Gasteiger charge is -2.22. The van der Waals surface area contributed by atoms with Crippen LogP contribution in [-0.2, 0) is 22.7 Å². The molecule has 164 valence electrons. The van der Waals surface area contributed by atoms with Gasteiger partial charge in [-0.2, -0.15) is 0 Å². The lowest BCUT2D eigenvalue weighted by molar-refractivity contribution is -0.138. The van der Waals surface area contributed by atoms with E-state index in [1.54, 1.807) is 11.8 Å². The van der Waals surface area contributed by atoms with Crippen molar-refractivity contribution in [2.24, 2.45) is 0 Å². The Hall–Kier alpha value is -3.60. The van der Waals surface area contributed by atoms with Crippen molar-refractivity contribution < 1.29 is 14.3 Å². The number of hydrogen-bond acceptors (Lipinski definition) is 3. The number of hydrogen-bond donors (Lipinski definition) is 1. The Morgan fingerprint density at radius 2 is 1.75 bits per heavy atom. The van der Waals surface area contributed by atoms with Crippen LogP contribution < -0.4 is 10.1 Å². The van der Waals surface area contributed by atoms with Crippen molar-refractivity contribution in [3.05, 3.63) is 95.6 Å². The van der Waals surface area contributed by atoms with Gasteiger partial charge in [0.1, 0.15) is 5.75 Å². The molecule has 3 aromatic carbocycles. The summed E-state index contributed by atoms with van der Waals surface area (Å²) >= 11 is 0. The van der Waals surface area contributed by atoms with E-state index in [0.717, 1.165) is 16.7 Å². The van der Waals surface area contributed by atoms with Gasteiger partial charge in [0, 0.05) is 24.3 Å². The van der Waals surface area contributed by atoms with Gasteiger partial charge in [0.2, 0.25) is 5.91 Å². The summed E-state index contributed by atoms with van der Waals surface area (Å²) in [6, 6.07) is 25.3. The normalized spacial score (nSPS) is 16.5. The Morgan fingerprint density at radius 3 is 2.44 bits per heavy atom. The van der Waals surface area contributed by atoms with E-state index in [0.29, 0.717) is 30.9 Å². The lowest BCUT2D eigenvalue weighted by atomic mass is 9.95. The minimum atomic E-state index is -0.567. The van der Waals surface area contributed by atoms with Crippen LogP contribution in [0.4, 0.5) is 5.69 Å². The maximum Gasteiger partial charge on any atom is 0.263 e. The van der Waals surface area contributed by atoms with Crippen molar-refractivity contribution in [2.45, 2.75) is 45.4 Å². The molecular formula is C27H28N2O3. The molecule has 0 saturated heterocycles. The fourth-order valence-corrected chi connectivity index (χ4v) is 4.10. The van der Waals surface area contributed by atoms with Crippen LogP contribution in [-0.4, -0.2) is 22.8 Å². The Labute approximate surface area is 189 Å². The maximum atomic E-state index is 13.0. The second-order valence-electron chi connectivity index (χ2n) is 8.12. The number of carbonyl (C=O) groups is 2. The van der Waals surface area contributed by atoms with Crippen LogP contribution in [0.15, 0.2) is 78.9 Å². The highest BCUT2D eigenvalue weighted by Crippen LogP contribution is 2.30. The molecule has 0 fully saturated rings. The van der Waals surface area contributed by atoms with Crippen molar-refractivity contribution >= 4 is 17.5 Å². The molecule has 3 aromatic rings. The summed E-state index contributed by atoms with van der Waals surface area (Å²) in [5, 5.41) is 3.05. The summed E-state index contributed by atoms with van der Waals surface area (Å²) in [6.07, 6.45) is 0.142. The fraction of sp³-hybridized carbons (Fsp3) is 0.259.